The number of carbonyl (C=O) groups excluding carboxylic acids is 2. The minimum absolute atomic E-state index is 0.259. The number of nitrogens with one attached hydrogen (secondary N) is 1. The van der Waals surface area contributed by atoms with Gasteiger partial charge in [-0.1, -0.05) is 53.2 Å². The summed E-state index contributed by atoms with van der Waals surface area (Å²) in [5.74, 6) is -0.148. The van der Waals surface area contributed by atoms with E-state index < -0.39 is 0 Å². The molecule has 0 saturated carbocycles. The molecule has 5 nitrogen and oxygen atoms in total. The lowest BCUT2D eigenvalue weighted by atomic mass is 10.2. The average molecular weight is 600 g/mol. The molecule has 1 aliphatic rings. The van der Waals surface area contributed by atoms with Gasteiger partial charge in [-0.25, -0.2) is 0 Å². The van der Waals surface area contributed by atoms with Crippen molar-refractivity contribution in [1.82, 2.24) is 10.4 Å². The Morgan fingerprint density at radius 1 is 1.21 bits per heavy atom. The minimum atomic E-state index is -0.385. The molecule has 11 heteroatoms. The van der Waals surface area contributed by atoms with Gasteiger partial charge in [-0.3, -0.25) is 15.0 Å². The van der Waals surface area contributed by atoms with Gasteiger partial charge < -0.3 is 4.74 Å². The van der Waals surface area contributed by atoms with Crippen molar-refractivity contribution in [3.8, 4) is 5.75 Å². The molecule has 3 aromatic rings. The van der Waals surface area contributed by atoms with Crippen LogP contribution in [0.5, 0.6) is 5.75 Å². The normalized spacial score (nSPS) is 14.8. The number of thiocarbonyl (C=S) groups is 1. The second kappa shape index (κ2) is 10.6. The summed E-state index contributed by atoms with van der Waals surface area (Å²) >= 11 is 23.3. The van der Waals surface area contributed by atoms with Crippen molar-refractivity contribution in [2.75, 3.05) is 0 Å². The zero-order valence-electron chi connectivity index (χ0n) is 16.5. The smallest absolute Gasteiger partial charge is 0.285 e. The van der Waals surface area contributed by atoms with E-state index in [0.717, 1.165) is 27.9 Å². The molecular weight excluding hydrogens is 587 g/mol. The summed E-state index contributed by atoms with van der Waals surface area (Å²) < 4.78 is 6.83. The lowest BCUT2D eigenvalue weighted by Gasteiger charge is -2.14. The quantitative estimate of drug-likeness (QED) is 0.246. The van der Waals surface area contributed by atoms with E-state index >= 15 is 0 Å². The average Bonchev–Trinajstić information content (AvgIpc) is 3.39. The molecule has 2 aromatic carbocycles. The number of hydrogen-bond donors (Lipinski definition) is 1. The van der Waals surface area contributed by atoms with Gasteiger partial charge in [0, 0.05) is 15.6 Å². The van der Waals surface area contributed by atoms with Crippen molar-refractivity contribution in [1.29, 1.82) is 0 Å². The standard InChI is InChI=1S/C22H13BrCl2N2O3S3/c23-15-8-12(3-6-17(15)30-11-13-4-5-14(24)10-16(13)25)9-19-21(29)27(22(31)33-19)26-20(28)18-2-1-7-32-18/h1-10H,11H2,(H,26,28)/b19-9+. The van der Waals surface area contributed by atoms with Crippen molar-refractivity contribution in [3.05, 3.63) is 89.3 Å². The fourth-order valence-corrected chi connectivity index (χ4v) is 5.57. The summed E-state index contributed by atoms with van der Waals surface area (Å²) in [5, 5.41) is 3.97. The van der Waals surface area contributed by atoms with E-state index in [9.17, 15) is 9.59 Å². The van der Waals surface area contributed by atoms with Crippen molar-refractivity contribution < 1.29 is 14.3 Å². The number of benzene rings is 2. The Morgan fingerprint density at radius 3 is 2.73 bits per heavy atom. The van der Waals surface area contributed by atoms with Gasteiger partial charge in [-0.2, -0.15) is 5.01 Å². The highest BCUT2D eigenvalue weighted by Gasteiger charge is 2.34. The topological polar surface area (TPSA) is 58.6 Å². The largest absolute Gasteiger partial charge is 0.488 e. The number of carbonyl (C=O) groups is 2. The number of halogens is 3. The van der Waals surface area contributed by atoms with Gasteiger partial charge in [0.05, 0.1) is 14.3 Å². The molecule has 0 unspecified atom stereocenters. The van der Waals surface area contributed by atoms with E-state index in [-0.39, 0.29) is 22.7 Å². The number of hydrazine groups is 1. The molecule has 2 heterocycles. The molecular formula is C22H13BrCl2N2O3S3. The fraction of sp³-hybridized carbons (Fsp3) is 0.0455. The Kier molecular flexibility index (Phi) is 7.78. The summed E-state index contributed by atoms with van der Waals surface area (Å²) in [6, 6.07) is 14.1. The summed E-state index contributed by atoms with van der Waals surface area (Å²) in [6.07, 6.45) is 1.71. The summed E-state index contributed by atoms with van der Waals surface area (Å²) in [4.78, 5) is 26.0. The molecule has 1 fully saturated rings. The molecule has 1 aliphatic heterocycles. The predicted octanol–water partition coefficient (Wildman–Crippen LogP) is 6.94. The van der Waals surface area contributed by atoms with Gasteiger partial charge in [0.25, 0.3) is 11.8 Å². The molecule has 33 heavy (non-hydrogen) atoms. The second-order valence-corrected chi connectivity index (χ2v) is 11.0. The van der Waals surface area contributed by atoms with Crippen LogP contribution in [0.1, 0.15) is 20.8 Å². The van der Waals surface area contributed by atoms with Crippen LogP contribution < -0.4 is 10.2 Å². The van der Waals surface area contributed by atoms with E-state index in [1.165, 1.54) is 11.3 Å². The van der Waals surface area contributed by atoms with E-state index in [0.29, 0.717) is 30.0 Å². The molecule has 0 radical (unpaired) electrons. The third-order valence-corrected chi connectivity index (χ3v) is 7.78. The summed E-state index contributed by atoms with van der Waals surface area (Å²) in [6.45, 7) is 0.274. The number of rotatable bonds is 6. The van der Waals surface area contributed by atoms with Crippen LogP contribution in [0.4, 0.5) is 0 Å². The maximum atomic E-state index is 12.8. The van der Waals surface area contributed by atoms with Gasteiger partial charge in [0.15, 0.2) is 4.32 Å². The molecule has 0 aliphatic carbocycles. The van der Waals surface area contributed by atoms with Crippen LogP contribution >= 0.6 is 74.4 Å². The first-order valence-corrected chi connectivity index (χ1v) is 13.0. The molecule has 2 amide bonds. The van der Waals surface area contributed by atoms with Gasteiger partial charge in [0.1, 0.15) is 12.4 Å². The zero-order chi connectivity index (χ0) is 23.5. The maximum absolute atomic E-state index is 12.8. The Bertz CT molecular complexity index is 1280. The first kappa shape index (κ1) is 24.3. The molecule has 0 bridgehead atoms. The van der Waals surface area contributed by atoms with Gasteiger partial charge in [0.2, 0.25) is 0 Å². The molecule has 0 spiro atoms. The summed E-state index contributed by atoms with van der Waals surface area (Å²) in [5.41, 5.74) is 4.14. The van der Waals surface area contributed by atoms with Crippen LogP contribution in [0.15, 0.2) is 63.3 Å². The number of amides is 2. The molecule has 1 aromatic heterocycles. The van der Waals surface area contributed by atoms with Gasteiger partial charge in [-0.15, -0.1) is 11.3 Å². The molecule has 4 rings (SSSR count). The fourth-order valence-electron chi connectivity index (χ4n) is 2.80. The minimum Gasteiger partial charge on any atom is -0.488 e. The predicted molar refractivity (Wildman–Crippen MR) is 142 cm³/mol. The lowest BCUT2D eigenvalue weighted by molar-refractivity contribution is -0.123. The Balaban J connectivity index is 1.44. The number of thioether (sulfide) groups is 1. The third-order valence-electron chi connectivity index (χ3n) is 4.40. The van der Waals surface area contributed by atoms with Gasteiger partial charge in [-0.05, 0) is 75.5 Å². The summed E-state index contributed by atoms with van der Waals surface area (Å²) in [7, 11) is 0. The lowest BCUT2D eigenvalue weighted by Crippen LogP contribution is -2.44. The van der Waals surface area contributed by atoms with Crippen LogP contribution in [0.25, 0.3) is 6.08 Å². The highest BCUT2D eigenvalue weighted by atomic mass is 79.9. The van der Waals surface area contributed by atoms with Gasteiger partial charge >= 0.3 is 0 Å². The van der Waals surface area contributed by atoms with Crippen molar-refractivity contribution in [2.45, 2.75) is 6.61 Å². The second-order valence-electron chi connectivity index (χ2n) is 6.65. The van der Waals surface area contributed by atoms with Crippen LogP contribution in [0.2, 0.25) is 10.0 Å². The van der Waals surface area contributed by atoms with Crippen molar-refractivity contribution in [2.24, 2.45) is 0 Å². The van der Waals surface area contributed by atoms with Crippen LogP contribution in [0, 0.1) is 0 Å². The monoisotopic (exact) mass is 598 g/mol. The first-order chi connectivity index (χ1) is 15.8. The number of hydrogen-bond acceptors (Lipinski definition) is 6. The Morgan fingerprint density at radius 2 is 2.03 bits per heavy atom. The van der Waals surface area contributed by atoms with Crippen molar-refractivity contribution >= 4 is 96.7 Å². The van der Waals surface area contributed by atoms with Crippen molar-refractivity contribution in [3.63, 3.8) is 0 Å². The zero-order valence-corrected chi connectivity index (χ0v) is 22.1. The molecule has 1 saturated heterocycles. The number of ether oxygens (including phenoxy) is 1. The van der Waals surface area contributed by atoms with Crippen LogP contribution in [-0.4, -0.2) is 21.1 Å². The van der Waals surface area contributed by atoms with E-state index in [1.807, 2.05) is 18.2 Å². The Hall–Kier alpha value is -1.88. The highest BCUT2D eigenvalue weighted by Crippen LogP contribution is 2.34. The number of nitrogens with zero attached hydrogens (tertiary/aromatic N) is 1. The first-order valence-electron chi connectivity index (χ1n) is 9.30. The molecule has 1 N–H and O–H groups in total. The van der Waals surface area contributed by atoms with E-state index in [2.05, 4.69) is 21.4 Å². The molecule has 168 valence electrons. The van der Waals surface area contributed by atoms with Crippen LogP contribution in [-0.2, 0) is 11.4 Å². The number of thiophene rings is 1. The third kappa shape index (κ3) is 5.79. The van der Waals surface area contributed by atoms with E-state index in [1.54, 1.807) is 41.8 Å². The van der Waals surface area contributed by atoms with E-state index in [4.69, 9.17) is 40.2 Å². The maximum Gasteiger partial charge on any atom is 0.285 e. The Labute approximate surface area is 221 Å². The SMILES string of the molecule is O=C(NN1C(=O)/C(=C\c2ccc(OCc3ccc(Cl)cc3Cl)c(Br)c2)SC1=S)c1cccs1. The molecule has 0 atom stereocenters. The highest BCUT2D eigenvalue weighted by molar-refractivity contribution is 9.10. The van der Waals surface area contributed by atoms with Crippen LogP contribution in [0.3, 0.4) is 0 Å².